The molecule has 4 rings (SSSR count). The second-order valence-corrected chi connectivity index (χ2v) is 6.34. The largest absolute Gasteiger partial charge is 0.502 e. The zero-order chi connectivity index (χ0) is 20.4. The summed E-state index contributed by atoms with van der Waals surface area (Å²) in [6.07, 6.45) is 2.49. The highest BCUT2D eigenvalue weighted by molar-refractivity contribution is 6.03. The lowest BCUT2D eigenvalue weighted by Crippen LogP contribution is -1.99. The van der Waals surface area contributed by atoms with Crippen molar-refractivity contribution in [2.24, 2.45) is 5.10 Å². The number of nitrogens with zero attached hydrogens (tertiary/aromatic N) is 4. The third kappa shape index (κ3) is 3.49. The molecule has 0 spiro atoms. The molecule has 9 nitrogen and oxygen atoms in total. The van der Waals surface area contributed by atoms with Gasteiger partial charge >= 0.3 is 0 Å². The quantitative estimate of drug-likeness (QED) is 0.340. The Hall–Kier alpha value is -3.88. The smallest absolute Gasteiger partial charge is 0.265 e. The molecule has 0 unspecified atom stereocenters. The van der Waals surface area contributed by atoms with Crippen molar-refractivity contribution in [2.45, 2.75) is 13.3 Å². The van der Waals surface area contributed by atoms with E-state index in [1.807, 2.05) is 6.07 Å². The first-order chi connectivity index (χ1) is 14.1. The SMILES string of the molecule is CCc1ccc2[nH]c3nc(N/N=C\c4cc(OC)c(O)c(OC)c4)nnc3c2c1. The first-order valence-corrected chi connectivity index (χ1v) is 9.02. The van der Waals surface area contributed by atoms with E-state index in [1.54, 1.807) is 12.1 Å². The minimum Gasteiger partial charge on any atom is -0.502 e. The zero-order valence-corrected chi connectivity index (χ0v) is 16.2. The van der Waals surface area contributed by atoms with Gasteiger partial charge in [0.25, 0.3) is 5.95 Å². The van der Waals surface area contributed by atoms with Gasteiger partial charge in [0, 0.05) is 16.5 Å². The number of benzene rings is 2. The highest BCUT2D eigenvalue weighted by Gasteiger charge is 2.11. The predicted octanol–water partition coefficient (Wildman–Crippen LogP) is 3.24. The van der Waals surface area contributed by atoms with Gasteiger partial charge in [0.2, 0.25) is 5.75 Å². The summed E-state index contributed by atoms with van der Waals surface area (Å²) in [5, 5.41) is 23.5. The number of aromatic hydroxyl groups is 1. The van der Waals surface area contributed by atoms with E-state index >= 15 is 0 Å². The summed E-state index contributed by atoms with van der Waals surface area (Å²) >= 11 is 0. The van der Waals surface area contributed by atoms with Crippen molar-refractivity contribution in [3.63, 3.8) is 0 Å². The van der Waals surface area contributed by atoms with Gasteiger partial charge in [0.05, 0.1) is 20.4 Å². The van der Waals surface area contributed by atoms with Crippen LogP contribution >= 0.6 is 0 Å². The number of anilines is 1. The van der Waals surface area contributed by atoms with Crippen LogP contribution in [-0.2, 0) is 6.42 Å². The van der Waals surface area contributed by atoms with Crippen LogP contribution in [0, 0.1) is 0 Å². The maximum absolute atomic E-state index is 9.97. The molecular weight excluding hydrogens is 372 g/mol. The Morgan fingerprint density at radius 3 is 2.59 bits per heavy atom. The van der Waals surface area contributed by atoms with Gasteiger partial charge in [-0.2, -0.15) is 10.1 Å². The fraction of sp³-hybridized carbons (Fsp3) is 0.200. The number of methoxy groups -OCH3 is 2. The minimum absolute atomic E-state index is 0.0665. The van der Waals surface area contributed by atoms with Crippen LogP contribution < -0.4 is 14.9 Å². The molecular formula is C20H20N6O3. The number of fused-ring (bicyclic) bond motifs is 3. The number of rotatable bonds is 6. The maximum Gasteiger partial charge on any atom is 0.265 e. The van der Waals surface area contributed by atoms with Crippen molar-refractivity contribution in [1.82, 2.24) is 20.2 Å². The van der Waals surface area contributed by atoms with Crippen molar-refractivity contribution in [3.8, 4) is 17.2 Å². The molecule has 0 amide bonds. The second-order valence-electron chi connectivity index (χ2n) is 6.34. The van der Waals surface area contributed by atoms with Crippen LogP contribution in [0.25, 0.3) is 22.1 Å². The fourth-order valence-corrected chi connectivity index (χ4v) is 3.04. The number of aromatic nitrogens is 4. The van der Waals surface area contributed by atoms with Crippen LogP contribution in [-0.4, -0.2) is 45.7 Å². The van der Waals surface area contributed by atoms with E-state index in [2.05, 4.69) is 49.7 Å². The Labute approximate surface area is 166 Å². The maximum atomic E-state index is 9.97. The fourth-order valence-electron chi connectivity index (χ4n) is 3.04. The van der Waals surface area contributed by atoms with E-state index in [9.17, 15) is 5.11 Å². The number of hydrogen-bond acceptors (Lipinski definition) is 8. The molecule has 148 valence electrons. The molecule has 0 aliphatic carbocycles. The van der Waals surface area contributed by atoms with E-state index in [-0.39, 0.29) is 23.2 Å². The predicted molar refractivity (Wildman–Crippen MR) is 111 cm³/mol. The molecule has 0 aliphatic heterocycles. The Bertz CT molecular complexity index is 1190. The molecule has 0 saturated heterocycles. The third-order valence-electron chi connectivity index (χ3n) is 4.57. The van der Waals surface area contributed by atoms with Crippen LogP contribution in [0.3, 0.4) is 0 Å². The summed E-state index contributed by atoms with van der Waals surface area (Å²) in [5.41, 5.74) is 6.97. The number of hydrogen-bond donors (Lipinski definition) is 3. The number of phenols is 1. The zero-order valence-electron chi connectivity index (χ0n) is 16.2. The Kier molecular flexibility index (Phi) is 4.86. The van der Waals surface area contributed by atoms with Gasteiger partial charge in [-0.3, -0.25) is 0 Å². The van der Waals surface area contributed by atoms with Gasteiger partial charge in [-0.25, -0.2) is 5.43 Å². The minimum atomic E-state index is -0.0665. The van der Waals surface area contributed by atoms with Crippen LogP contribution in [0.1, 0.15) is 18.1 Å². The van der Waals surface area contributed by atoms with Gasteiger partial charge in [0.15, 0.2) is 17.1 Å². The van der Waals surface area contributed by atoms with Crippen molar-refractivity contribution < 1.29 is 14.6 Å². The van der Waals surface area contributed by atoms with Crippen LogP contribution in [0.4, 0.5) is 5.95 Å². The monoisotopic (exact) mass is 392 g/mol. The molecule has 0 saturated carbocycles. The molecule has 3 N–H and O–H groups in total. The summed E-state index contributed by atoms with van der Waals surface area (Å²) in [7, 11) is 2.93. The first-order valence-electron chi connectivity index (χ1n) is 9.02. The standard InChI is InChI=1S/C20H20N6O3/c1-4-11-5-6-14-13(7-11)17-19(22-14)23-20(26-24-17)25-21-10-12-8-15(28-2)18(27)16(9-12)29-3/h5-10,27H,4H2,1-3H3,(H2,22,23,25,26)/b21-10-. The number of H-pyrrole nitrogens is 1. The van der Waals surface area contributed by atoms with Gasteiger partial charge in [-0.05, 0) is 36.2 Å². The van der Waals surface area contributed by atoms with Crippen molar-refractivity contribution in [2.75, 3.05) is 19.6 Å². The average Bonchev–Trinajstić information content (AvgIpc) is 3.11. The summed E-state index contributed by atoms with van der Waals surface area (Å²) in [5.74, 6) is 0.765. The first kappa shape index (κ1) is 18.5. The Balaban J connectivity index is 1.59. The molecule has 2 aromatic heterocycles. The summed E-state index contributed by atoms with van der Waals surface area (Å²) in [4.78, 5) is 7.69. The number of nitrogens with one attached hydrogen (secondary N) is 2. The lowest BCUT2D eigenvalue weighted by Gasteiger charge is -2.09. The van der Waals surface area contributed by atoms with Crippen molar-refractivity contribution in [1.29, 1.82) is 0 Å². The molecule has 4 aromatic rings. The molecule has 2 aromatic carbocycles. The van der Waals surface area contributed by atoms with Gasteiger partial charge in [-0.15, -0.1) is 10.2 Å². The second kappa shape index (κ2) is 7.63. The normalized spacial score (nSPS) is 11.4. The highest BCUT2D eigenvalue weighted by Crippen LogP contribution is 2.36. The van der Waals surface area contributed by atoms with Crippen molar-refractivity contribution >= 4 is 34.2 Å². The van der Waals surface area contributed by atoms with E-state index in [1.165, 1.54) is 26.0 Å². The molecule has 9 heteroatoms. The molecule has 0 bridgehead atoms. The van der Waals surface area contributed by atoms with Crippen LogP contribution in [0.5, 0.6) is 17.2 Å². The Morgan fingerprint density at radius 2 is 1.90 bits per heavy atom. The highest BCUT2D eigenvalue weighted by atomic mass is 16.5. The van der Waals surface area contributed by atoms with Gasteiger partial charge < -0.3 is 19.6 Å². The lowest BCUT2D eigenvalue weighted by atomic mass is 10.1. The summed E-state index contributed by atoms with van der Waals surface area (Å²) < 4.78 is 10.3. The van der Waals surface area contributed by atoms with E-state index in [0.29, 0.717) is 11.2 Å². The molecule has 29 heavy (non-hydrogen) atoms. The summed E-state index contributed by atoms with van der Waals surface area (Å²) in [6.45, 7) is 2.11. The summed E-state index contributed by atoms with van der Waals surface area (Å²) in [6, 6.07) is 9.47. The van der Waals surface area contributed by atoms with E-state index in [4.69, 9.17) is 9.47 Å². The molecule has 0 atom stereocenters. The molecule has 0 aliphatic rings. The number of aryl methyl sites for hydroxylation is 1. The average molecular weight is 392 g/mol. The van der Waals surface area contributed by atoms with Crippen molar-refractivity contribution in [3.05, 3.63) is 41.5 Å². The number of hydrazone groups is 1. The molecule has 0 fully saturated rings. The topological polar surface area (TPSA) is 118 Å². The number of ether oxygens (including phenoxy) is 2. The number of phenolic OH excluding ortho intramolecular Hbond substituents is 1. The third-order valence-corrected chi connectivity index (χ3v) is 4.57. The lowest BCUT2D eigenvalue weighted by molar-refractivity contribution is 0.340. The number of aromatic amines is 1. The van der Waals surface area contributed by atoms with Gasteiger partial charge in [0.1, 0.15) is 5.52 Å². The Morgan fingerprint density at radius 1 is 1.14 bits per heavy atom. The van der Waals surface area contributed by atoms with E-state index < -0.39 is 0 Å². The van der Waals surface area contributed by atoms with Gasteiger partial charge in [-0.1, -0.05) is 13.0 Å². The molecule has 2 heterocycles. The van der Waals surface area contributed by atoms with Crippen LogP contribution in [0.15, 0.2) is 35.4 Å². The van der Waals surface area contributed by atoms with Crippen LogP contribution in [0.2, 0.25) is 0 Å². The van der Waals surface area contributed by atoms with E-state index in [0.717, 1.165) is 22.8 Å². The molecule has 0 radical (unpaired) electrons.